The summed E-state index contributed by atoms with van der Waals surface area (Å²) in [6.07, 6.45) is 3.60. The number of hydrogen-bond donors (Lipinski definition) is 2. The Labute approximate surface area is 114 Å². The van der Waals surface area contributed by atoms with Crippen LogP contribution >= 0.6 is 0 Å². The first-order valence-corrected chi connectivity index (χ1v) is 6.16. The van der Waals surface area contributed by atoms with Crippen molar-refractivity contribution in [2.45, 2.75) is 13.8 Å². The van der Waals surface area contributed by atoms with Crippen LogP contribution in [0.5, 0.6) is 5.88 Å². The lowest BCUT2D eigenvalue weighted by molar-refractivity contribution is 0.460. The number of nitrogens with zero attached hydrogens (tertiary/aromatic N) is 3. The standard InChI is InChI=1S/C14H13FN4O/c1-3-6-19-8(2)16-13(18-19)12-10-7-9(15)4-5-11(10)17-14(12)20/h3-7,17,20H,1-2H3/b6-3-. The molecule has 2 heterocycles. The first kappa shape index (κ1) is 12.4. The highest BCUT2D eigenvalue weighted by molar-refractivity contribution is 5.97. The average molecular weight is 272 g/mol. The Kier molecular flexibility index (Phi) is 2.78. The first-order chi connectivity index (χ1) is 9.60. The predicted octanol–water partition coefficient (Wildman–Crippen LogP) is 3.07. The topological polar surface area (TPSA) is 66.7 Å². The van der Waals surface area contributed by atoms with E-state index in [4.69, 9.17) is 0 Å². The summed E-state index contributed by atoms with van der Waals surface area (Å²) < 4.78 is 15.0. The number of aromatic hydroxyl groups is 1. The van der Waals surface area contributed by atoms with Crippen LogP contribution in [-0.4, -0.2) is 24.9 Å². The molecule has 5 nitrogen and oxygen atoms in total. The van der Waals surface area contributed by atoms with E-state index in [1.807, 2.05) is 19.9 Å². The summed E-state index contributed by atoms with van der Waals surface area (Å²) in [6.45, 7) is 3.68. The second-order valence-electron chi connectivity index (χ2n) is 4.45. The number of nitrogens with one attached hydrogen (secondary N) is 1. The zero-order valence-corrected chi connectivity index (χ0v) is 11.1. The number of halogens is 1. The fourth-order valence-corrected chi connectivity index (χ4v) is 2.17. The van der Waals surface area contributed by atoms with Crippen LogP contribution in [0.3, 0.4) is 0 Å². The van der Waals surface area contributed by atoms with E-state index in [1.165, 1.54) is 12.1 Å². The predicted molar refractivity (Wildman–Crippen MR) is 74.7 cm³/mol. The number of fused-ring (bicyclic) bond motifs is 1. The number of hydrogen-bond acceptors (Lipinski definition) is 3. The van der Waals surface area contributed by atoms with E-state index in [2.05, 4.69) is 15.1 Å². The number of aryl methyl sites for hydroxylation is 1. The second-order valence-corrected chi connectivity index (χ2v) is 4.45. The largest absolute Gasteiger partial charge is 0.494 e. The first-order valence-electron chi connectivity index (χ1n) is 6.16. The van der Waals surface area contributed by atoms with Crippen molar-refractivity contribution in [2.75, 3.05) is 0 Å². The van der Waals surface area contributed by atoms with Crippen molar-refractivity contribution in [3.8, 4) is 17.3 Å². The summed E-state index contributed by atoms with van der Waals surface area (Å²) in [5.74, 6) is 0.601. The molecule has 0 bridgehead atoms. The molecule has 2 aromatic heterocycles. The highest BCUT2D eigenvalue weighted by atomic mass is 19.1. The van der Waals surface area contributed by atoms with E-state index in [1.54, 1.807) is 16.9 Å². The maximum Gasteiger partial charge on any atom is 0.200 e. The normalized spacial score (nSPS) is 11.8. The highest BCUT2D eigenvalue weighted by Crippen LogP contribution is 2.35. The zero-order chi connectivity index (χ0) is 14.3. The molecule has 20 heavy (non-hydrogen) atoms. The third-order valence-electron chi connectivity index (χ3n) is 3.06. The summed E-state index contributed by atoms with van der Waals surface area (Å²) in [4.78, 5) is 7.11. The minimum atomic E-state index is -0.373. The average Bonchev–Trinajstić information content (AvgIpc) is 2.90. The molecule has 0 atom stereocenters. The van der Waals surface area contributed by atoms with E-state index in [0.717, 1.165) is 0 Å². The summed E-state index contributed by atoms with van der Waals surface area (Å²) in [6, 6.07) is 4.26. The lowest BCUT2D eigenvalue weighted by atomic mass is 10.1. The molecule has 0 saturated heterocycles. The van der Waals surface area contributed by atoms with Gasteiger partial charge in [0.15, 0.2) is 5.82 Å². The maximum atomic E-state index is 13.4. The van der Waals surface area contributed by atoms with Gasteiger partial charge in [0, 0.05) is 17.1 Å². The molecule has 6 heteroatoms. The molecule has 0 radical (unpaired) electrons. The van der Waals surface area contributed by atoms with Crippen molar-refractivity contribution in [1.82, 2.24) is 19.7 Å². The molecule has 2 N–H and O–H groups in total. The van der Waals surface area contributed by atoms with Crippen molar-refractivity contribution < 1.29 is 9.50 Å². The Morgan fingerprint density at radius 1 is 1.40 bits per heavy atom. The van der Waals surface area contributed by atoms with E-state index in [9.17, 15) is 9.50 Å². The third kappa shape index (κ3) is 1.85. The van der Waals surface area contributed by atoms with Crippen LogP contribution in [0.1, 0.15) is 12.7 Å². The fourth-order valence-electron chi connectivity index (χ4n) is 2.17. The molecule has 3 aromatic rings. The van der Waals surface area contributed by atoms with Gasteiger partial charge in [0.05, 0.1) is 5.56 Å². The lowest BCUT2D eigenvalue weighted by Gasteiger charge is -1.94. The van der Waals surface area contributed by atoms with Crippen molar-refractivity contribution >= 4 is 17.1 Å². The molecule has 102 valence electrons. The van der Waals surface area contributed by atoms with Gasteiger partial charge in [-0.2, -0.15) is 0 Å². The van der Waals surface area contributed by atoms with Crippen molar-refractivity contribution in [1.29, 1.82) is 0 Å². The van der Waals surface area contributed by atoms with Crippen LogP contribution in [0.25, 0.3) is 28.5 Å². The number of aromatic nitrogens is 4. The van der Waals surface area contributed by atoms with Gasteiger partial charge in [-0.25, -0.2) is 14.1 Å². The van der Waals surface area contributed by atoms with E-state index >= 15 is 0 Å². The Morgan fingerprint density at radius 2 is 2.20 bits per heavy atom. The molecule has 0 aliphatic heterocycles. The zero-order valence-electron chi connectivity index (χ0n) is 11.1. The smallest absolute Gasteiger partial charge is 0.200 e. The van der Waals surface area contributed by atoms with Gasteiger partial charge in [-0.15, -0.1) is 5.10 Å². The van der Waals surface area contributed by atoms with Crippen LogP contribution in [0.4, 0.5) is 4.39 Å². The van der Waals surface area contributed by atoms with Crippen molar-refractivity contribution in [2.24, 2.45) is 0 Å². The van der Waals surface area contributed by atoms with Crippen LogP contribution in [0, 0.1) is 12.7 Å². The molecule has 0 saturated carbocycles. The fraction of sp³-hybridized carbons (Fsp3) is 0.143. The van der Waals surface area contributed by atoms with Gasteiger partial charge in [-0.05, 0) is 32.0 Å². The van der Waals surface area contributed by atoms with Crippen molar-refractivity contribution in [3.63, 3.8) is 0 Å². The number of benzene rings is 1. The summed E-state index contributed by atoms with van der Waals surface area (Å²) in [5.41, 5.74) is 1.05. The molecule has 0 amide bonds. The quantitative estimate of drug-likeness (QED) is 0.753. The van der Waals surface area contributed by atoms with Gasteiger partial charge in [0.1, 0.15) is 11.6 Å². The SMILES string of the molecule is C/C=C\n1nc(-c2c(O)[nH]c3ccc(F)cc23)nc1C. The van der Waals surface area contributed by atoms with E-state index in [0.29, 0.717) is 28.1 Å². The third-order valence-corrected chi connectivity index (χ3v) is 3.06. The lowest BCUT2D eigenvalue weighted by Crippen LogP contribution is -1.91. The molecule has 1 aromatic carbocycles. The molecular weight excluding hydrogens is 259 g/mol. The van der Waals surface area contributed by atoms with Crippen LogP contribution in [-0.2, 0) is 0 Å². The number of aromatic amines is 1. The van der Waals surface area contributed by atoms with Gasteiger partial charge in [0.2, 0.25) is 5.88 Å². The molecule has 0 spiro atoms. The summed E-state index contributed by atoms with van der Waals surface area (Å²) in [5, 5.41) is 14.9. The van der Waals surface area contributed by atoms with Crippen LogP contribution in [0.2, 0.25) is 0 Å². The Hall–Kier alpha value is -2.63. The van der Waals surface area contributed by atoms with Gasteiger partial charge >= 0.3 is 0 Å². The monoisotopic (exact) mass is 272 g/mol. The summed E-state index contributed by atoms with van der Waals surface area (Å²) in [7, 11) is 0. The van der Waals surface area contributed by atoms with Crippen LogP contribution < -0.4 is 0 Å². The minimum absolute atomic E-state index is 0.0665. The minimum Gasteiger partial charge on any atom is -0.494 e. The van der Waals surface area contributed by atoms with Crippen molar-refractivity contribution in [3.05, 3.63) is 35.9 Å². The van der Waals surface area contributed by atoms with Crippen LogP contribution in [0.15, 0.2) is 24.3 Å². The molecule has 0 fully saturated rings. The van der Waals surface area contributed by atoms with E-state index in [-0.39, 0.29) is 11.7 Å². The van der Waals surface area contributed by atoms with Gasteiger partial charge < -0.3 is 10.1 Å². The van der Waals surface area contributed by atoms with E-state index < -0.39 is 0 Å². The Bertz CT molecular complexity index is 816. The second kappa shape index (κ2) is 4.48. The molecule has 0 aliphatic carbocycles. The van der Waals surface area contributed by atoms with Gasteiger partial charge in [-0.1, -0.05) is 6.08 Å². The highest BCUT2D eigenvalue weighted by Gasteiger charge is 2.18. The molecule has 0 unspecified atom stereocenters. The Morgan fingerprint density at radius 3 is 2.95 bits per heavy atom. The van der Waals surface area contributed by atoms with Gasteiger partial charge in [-0.3, -0.25) is 0 Å². The number of rotatable bonds is 2. The molecule has 3 rings (SSSR count). The molecule has 0 aliphatic rings. The van der Waals surface area contributed by atoms with Gasteiger partial charge in [0.25, 0.3) is 0 Å². The summed E-state index contributed by atoms with van der Waals surface area (Å²) >= 11 is 0. The maximum absolute atomic E-state index is 13.4. The Balaban J connectivity index is 2.26. The molecular formula is C14H13FN4O. The number of H-pyrrole nitrogens is 1. The number of allylic oxidation sites excluding steroid dienone is 1.